The molecule has 1 saturated heterocycles. The van der Waals surface area contributed by atoms with Gasteiger partial charge >= 0.3 is 0 Å². The van der Waals surface area contributed by atoms with E-state index in [4.69, 9.17) is 28.4 Å². The van der Waals surface area contributed by atoms with Gasteiger partial charge in [0.15, 0.2) is 23.1 Å². The van der Waals surface area contributed by atoms with Gasteiger partial charge in [-0.2, -0.15) is 0 Å². The minimum atomic E-state index is -1.50. The van der Waals surface area contributed by atoms with E-state index in [1.54, 1.807) is 73.9 Å². The monoisotopic (exact) mass is 1860 g/mol. The van der Waals surface area contributed by atoms with Gasteiger partial charge in [-0.25, -0.2) is 14.6 Å². The molecule has 1 unspecified atom stereocenters. The third-order valence-corrected chi connectivity index (χ3v) is 21.0. The van der Waals surface area contributed by atoms with Crippen LogP contribution in [0.2, 0.25) is 0 Å². The zero-order chi connectivity index (χ0) is 96.9. The molecule has 710 valence electrons. The lowest BCUT2D eigenvalue weighted by atomic mass is 10.1. The first-order valence-corrected chi connectivity index (χ1v) is 42.4. The number of imidazole rings is 2. The first-order valence-electron chi connectivity index (χ1n) is 42.4. The van der Waals surface area contributed by atoms with Crippen LogP contribution in [-0.4, -0.2) is 241 Å². The van der Waals surface area contributed by atoms with E-state index in [0.717, 1.165) is 13.0 Å². The molecule has 135 heavy (non-hydrogen) atoms. The number of allylic oxidation sites excluding steroid dienone is 2. The summed E-state index contributed by atoms with van der Waals surface area (Å²) >= 11 is 0. The summed E-state index contributed by atoms with van der Waals surface area (Å²) < 4.78 is 48.4. The average molecular weight is 1860 g/mol. The van der Waals surface area contributed by atoms with Crippen molar-refractivity contribution >= 4 is 122 Å². The van der Waals surface area contributed by atoms with Crippen molar-refractivity contribution in [2.75, 3.05) is 123 Å². The third-order valence-electron chi connectivity index (χ3n) is 21.0. The highest BCUT2D eigenvalue weighted by Crippen LogP contribution is 2.38. The van der Waals surface area contributed by atoms with Gasteiger partial charge in [0.25, 0.3) is 58.7 Å². The number of anilines is 8. The van der Waals surface area contributed by atoms with Gasteiger partial charge in [0, 0.05) is 164 Å². The van der Waals surface area contributed by atoms with Crippen LogP contribution in [0.4, 0.5) is 51.4 Å². The van der Waals surface area contributed by atoms with Gasteiger partial charge in [0.1, 0.15) is 59.5 Å². The number of aromatic nitrogens is 13. The number of ether oxygens (including phenoxy) is 6. The number of hydrogen-bond donors (Lipinski definition) is 12. The van der Waals surface area contributed by atoms with Crippen LogP contribution in [0.15, 0.2) is 116 Å². The van der Waals surface area contributed by atoms with E-state index in [2.05, 4.69) is 108 Å². The molecule has 2 aliphatic rings. The van der Waals surface area contributed by atoms with Gasteiger partial charge in [-0.1, -0.05) is 23.0 Å². The topological polar surface area (TPSA) is 547 Å². The van der Waals surface area contributed by atoms with Gasteiger partial charge in [-0.05, 0) is 94.0 Å². The molecule has 0 bridgehead atoms. The van der Waals surface area contributed by atoms with Crippen molar-refractivity contribution in [1.29, 1.82) is 0 Å². The van der Waals surface area contributed by atoms with Crippen LogP contribution in [0, 0.1) is 33.8 Å². The number of rotatable bonds is 43. The van der Waals surface area contributed by atoms with Gasteiger partial charge in [-0.3, -0.25) is 67.6 Å². The summed E-state index contributed by atoms with van der Waals surface area (Å²) in [7, 11) is 17.9. The molecule has 11 heterocycles. The highest BCUT2D eigenvalue weighted by molar-refractivity contribution is 6.11. The molecule has 12 rings (SSSR count). The van der Waals surface area contributed by atoms with E-state index >= 15 is 0 Å². The van der Waals surface area contributed by atoms with Crippen LogP contribution >= 0.6 is 0 Å². The number of aryl methyl sites for hydroxylation is 9. The molecule has 10 aromatic rings. The minimum Gasteiger partial charge on any atom is -0.493 e. The summed E-state index contributed by atoms with van der Waals surface area (Å²) in [6.07, 6.45) is 17.0. The second kappa shape index (κ2) is 44.6. The fourth-order valence-corrected chi connectivity index (χ4v) is 14.4. The van der Waals surface area contributed by atoms with E-state index in [1.807, 2.05) is 19.0 Å². The van der Waals surface area contributed by atoms with Crippen molar-refractivity contribution in [2.24, 2.45) is 56.4 Å². The fraction of sp³-hybridized carbons (Fsp3) is 0.364. The predicted molar refractivity (Wildman–Crippen MR) is 488 cm³/mol. The molecule has 1 fully saturated rings. The number of carbonyl (C=O) groups is 12. The van der Waals surface area contributed by atoms with Crippen LogP contribution in [0.1, 0.15) is 134 Å². The van der Waals surface area contributed by atoms with Crippen molar-refractivity contribution in [2.45, 2.75) is 76.5 Å². The molecule has 2 aliphatic heterocycles. The van der Waals surface area contributed by atoms with Gasteiger partial charge in [-0.15, -0.1) is 5.10 Å². The molecule has 3 atom stereocenters. The number of carbonyl (C=O) groups excluding carboxylic acids is 12. The van der Waals surface area contributed by atoms with Gasteiger partial charge in [0.2, 0.25) is 35.3 Å². The molecule has 12 amide bonds. The molecule has 47 heteroatoms. The summed E-state index contributed by atoms with van der Waals surface area (Å²) in [5.74, 6) is 3.36. The number of nitrogens with zero attached hydrogens (tertiary/aromatic N) is 15. The fourth-order valence-electron chi connectivity index (χ4n) is 14.4. The Morgan fingerprint density at radius 3 is 1.56 bits per heavy atom. The summed E-state index contributed by atoms with van der Waals surface area (Å²) in [5.41, 5.74) is 2.55. The van der Waals surface area contributed by atoms with Crippen molar-refractivity contribution in [1.82, 2.24) is 87.7 Å². The Balaban J connectivity index is 0.645. The van der Waals surface area contributed by atoms with Crippen LogP contribution in [0.3, 0.4) is 0 Å². The molecule has 0 saturated carbocycles. The van der Waals surface area contributed by atoms with E-state index in [1.165, 1.54) is 154 Å². The van der Waals surface area contributed by atoms with Crippen LogP contribution in [0.5, 0.6) is 11.5 Å². The Bertz CT molecular complexity index is 6340. The summed E-state index contributed by atoms with van der Waals surface area (Å²) in [4.78, 5) is 184. The van der Waals surface area contributed by atoms with E-state index < -0.39 is 81.9 Å². The van der Waals surface area contributed by atoms with Gasteiger partial charge < -0.3 is 134 Å². The molecule has 9 aromatic heterocycles. The lowest BCUT2D eigenvalue weighted by Gasteiger charge is -2.29. The number of benzene rings is 1. The summed E-state index contributed by atoms with van der Waals surface area (Å²) in [6.45, 7) is 2.97. The third kappa shape index (κ3) is 25.9. The zero-order valence-corrected chi connectivity index (χ0v) is 76.0. The molecule has 0 aliphatic carbocycles. The van der Waals surface area contributed by atoms with Crippen LogP contribution in [0.25, 0.3) is 0 Å². The van der Waals surface area contributed by atoms with E-state index in [9.17, 15) is 67.6 Å². The second-order valence-corrected chi connectivity index (χ2v) is 31.7. The highest BCUT2D eigenvalue weighted by Gasteiger charge is 2.46. The van der Waals surface area contributed by atoms with E-state index in [0.29, 0.717) is 24.3 Å². The minimum absolute atomic E-state index is 0.00271. The molecule has 1 aromatic carbocycles. The maximum atomic E-state index is 14.4. The van der Waals surface area contributed by atoms with Crippen LogP contribution < -0.4 is 73.3 Å². The quantitative estimate of drug-likeness (QED) is 0.0111. The molecule has 12 N–H and O–H groups in total. The number of nitro benzene ring substituents is 1. The first-order chi connectivity index (χ1) is 64.6. The molecule has 47 nitrogen and oxygen atoms in total. The smallest absolute Gasteiger partial charge is 0.291 e. The lowest BCUT2D eigenvalue weighted by Crippen LogP contribution is -2.46. The summed E-state index contributed by atoms with van der Waals surface area (Å²) in [6, 6.07) is 9.97. The second-order valence-electron chi connectivity index (χ2n) is 31.7. The Morgan fingerprint density at radius 2 is 1.05 bits per heavy atom. The Labute approximate surface area is 772 Å². The number of methoxy groups -OCH3 is 1. The van der Waals surface area contributed by atoms with Crippen molar-refractivity contribution in [3.05, 3.63) is 184 Å². The average Bonchev–Trinajstić information content (AvgIpc) is 1.64. The predicted octanol–water partition coefficient (Wildman–Crippen LogP) is 3.92. The zero-order valence-electron chi connectivity index (χ0n) is 76.0. The Hall–Kier alpha value is -16.2. The van der Waals surface area contributed by atoms with Crippen molar-refractivity contribution in [3.63, 3.8) is 0 Å². The summed E-state index contributed by atoms with van der Waals surface area (Å²) in [5, 5.41) is 53.5. The Kier molecular flexibility index (Phi) is 32.3. The maximum Gasteiger partial charge on any atom is 0.291 e. The largest absolute Gasteiger partial charge is 0.493 e. The maximum absolute atomic E-state index is 14.4. The van der Waals surface area contributed by atoms with Crippen LogP contribution in [-0.2, 0) is 114 Å². The number of amides is 12. The highest BCUT2D eigenvalue weighted by atomic mass is 16.7. The number of nitrogens with one attached hydrogen (secondary N) is 12. The van der Waals surface area contributed by atoms with Crippen molar-refractivity contribution in [3.8, 4) is 35.2 Å². The standard InChI is InChI=1S/C88H103N27O20/c1-53(116)92-73-50-112(10)77(100-73)86(126)97-60-40-68(110(8)47-60)84(124)95-58-38-66(108(6)45-58)82(122)93-56-36-64(106(4)43-56)80(120)90-26-21-62(99-76(118)20-19-55-49-114(104-103-55)29-32-131-33-34-132-71-42-63(115(128)129)54(35-70(71)130-12)52-135-88-24-16-14-13-15-17-30-133-72(88)23-31-134-88)79(119)102-74-51-113(11)78(101-74)87(127)98-61-41-69(111(9)48-61)85(125)96-59-39-67(109(7)46-59)83(123)94-57-37-65(107(5)44-57)81(121)91-27-22-75(117)89-25-18-28-105(2)3/h13-14,35-51,62,72H,18-23,25-34,52H2,1-12H3,(H,89,117)(H,90,120)(H,91,121)(H,92,116)(H,93,122)(H,94,123)(H,95,124)(H,96,125)(H,97,126)(H,98,127)(H,99,118)(H,102,119)/b14-13-/t62?,72-,88-/m0/s1. The normalized spacial score (nSPS) is 14.1. The molecular formula is C88H103N27O20. The first kappa shape index (κ1) is 97.8. The molecular weight excluding hydrogens is 1760 g/mol. The molecule has 0 radical (unpaired) electrons. The van der Waals surface area contributed by atoms with Gasteiger partial charge in [0.05, 0.1) is 96.5 Å². The van der Waals surface area contributed by atoms with E-state index in [-0.39, 0.29) is 205 Å². The number of nitro groups is 1. The van der Waals surface area contributed by atoms with Crippen molar-refractivity contribution < 1.29 is 90.9 Å². The number of hydrogen-bond acceptors (Lipinski definition) is 25. The Morgan fingerprint density at radius 1 is 0.556 bits per heavy atom. The lowest BCUT2D eigenvalue weighted by molar-refractivity contribution is -0.386. The SMILES string of the molecule is COc1cc(CO[C@@]23C#C/C=C\C#CCO[C@H]2CCO3)c([N+](=O)[O-])cc1OCCOCCn1cc(CCC(=O)NC(CCNC(=O)c2cc(NC(=O)c3cc(NC(=O)c4cc(NC(=O)c5nc(NC(C)=O)cn5C)cn4C)cn3C)cn2C)C(=O)Nc2cn(C)c(C(=O)Nc3cc(C(=O)Nc4cc(C(=O)Nc5cc(C(=O)NCCC(=O)NCCCN(C)C)n(C)c5)n(C)c4)n(C)c3)n2)nn1. The number of fused-ring (bicyclic) bond motifs is 1. The molecule has 0 spiro atoms.